The second-order valence-corrected chi connectivity index (χ2v) is 2.87. The van der Waals surface area contributed by atoms with Gasteiger partial charge in [0.1, 0.15) is 12.1 Å². The molecule has 0 aliphatic carbocycles. The fourth-order valence-electron chi connectivity index (χ4n) is 1.31. The molecular weight excluding hydrogens is 161 g/mol. The first kappa shape index (κ1) is 9.45. The van der Waals surface area contributed by atoms with E-state index in [-0.39, 0.29) is 0 Å². The van der Waals surface area contributed by atoms with Gasteiger partial charge in [0, 0.05) is 6.54 Å². The number of piperidine rings is 1. The molecule has 0 amide bonds. The number of carbonyl (C=O) groups is 1. The van der Waals surface area contributed by atoms with E-state index in [1.165, 1.54) is 0 Å². The number of carbonyl (C=O) groups excluding carboxylic acids is 1. The summed E-state index contributed by atoms with van der Waals surface area (Å²) in [6.07, 6.45) is -0.631. The van der Waals surface area contributed by atoms with E-state index in [9.17, 15) is 9.18 Å². The molecule has 0 spiro atoms. The summed E-state index contributed by atoms with van der Waals surface area (Å²) in [5, 5.41) is 2.96. The van der Waals surface area contributed by atoms with Gasteiger partial charge in [-0.2, -0.15) is 0 Å². The molecule has 2 atom stereocenters. The summed E-state index contributed by atoms with van der Waals surface area (Å²) in [7, 11) is 0. The van der Waals surface area contributed by atoms with Gasteiger partial charge in [-0.05, 0) is 19.9 Å². The molecule has 1 aliphatic heterocycles. The summed E-state index contributed by atoms with van der Waals surface area (Å²) in [5.74, 6) is -1.02. The van der Waals surface area contributed by atoms with Crippen molar-refractivity contribution >= 4 is 5.97 Å². The van der Waals surface area contributed by atoms with Crippen molar-refractivity contribution in [1.29, 1.82) is 0 Å². The van der Waals surface area contributed by atoms with Gasteiger partial charge in [0.25, 0.3) is 0 Å². The Bertz CT molecular complexity index is 163. The third kappa shape index (κ3) is 2.17. The van der Waals surface area contributed by atoms with Gasteiger partial charge in [-0.25, -0.2) is 4.39 Å². The summed E-state index contributed by atoms with van der Waals surface area (Å²) in [4.78, 5) is 11.1. The second kappa shape index (κ2) is 4.40. The minimum atomic E-state index is -1.04. The highest BCUT2D eigenvalue weighted by atomic mass is 19.1. The van der Waals surface area contributed by atoms with Crippen molar-refractivity contribution < 1.29 is 13.9 Å². The minimum Gasteiger partial charge on any atom is -0.466 e. The third-order valence-electron chi connectivity index (χ3n) is 1.99. The van der Waals surface area contributed by atoms with Crippen LogP contribution in [-0.2, 0) is 9.53 Å². The maximum atomic E-state index is 13.1. The third-order valence-corrected chi connectivity index (χ3v) is 1.99. The summed E-state index contributed by atoms with van der Waals surface area (Å²) >= 11 is 0. The molecule has 0 aromatic heterocycles. The molecule has 0 aromatic rings. The van der Waals surface area contributed by atoms with Crippen LogP contribution in [0.3, 0.4) is 0 Å². The van der Waals surface area contributed by atoms with Crippen LogP contribution in [-0.4, -0.2) is 31.8 Å². The molecule has 1 rings (SSSR count). The molecule has 12 heavy (non-hydrogen) atoms. The Morgan fingerprint density at radius 2 is 2.50 bits per heavy atom. The van der Waals surface area contributed by atoms with Gasteiger partial charge in [-0.15, -0.1) is 0 Å². The number of hydrogen-bond acceptors (Lipinski definition) is 3. The lowest BCUT2D eigenvalue weighted by atomic mass is 9.98. The smallest absolute Gasteiger partial charge is 0.313 e. The number of alkyl halides is 1. The van der Waals surface area contributed by atoms with E-state index in [0.29, 0.717) is 26.1 Å². The minimum absolute atomic E-state index is 0.321. The number of rotatable bonds is 2. The van der Waals surface area contributed by atoms with Crippen LogP contribution in [0.25, 0.3) is 0 Å². The largest absolute Gasteiger partial charge is 0.466 e. The molecule has 0 saturated carbocycles. The van der Waals surface area contributed by atoms with E-state index in [1.54, 1.807) is 6.92 Å². The van der Waals surface area contributed by atoms with Gasteiger partial charge >= 0.3 is 5.97 Å². The Hall–Kier alpha value is -0.640. The Labute approximate surface area is 71.3 Å². The van der Waals surface area contributed by atoms with Gasteiger partial charge in [-0.3, -0.25) is 4.79 Å². The maximum absolute atomic E-state index is 13.1. The number of hydrogen-bond donors (Lipinski definition) is 1. The SMILES string of the molecule is CCOC(=O)C1CNCCC1F. The molecule has 0 aromatic carbocycles. The highest BCUT2D eigenvalue weighted by molar-refractivity contribution is 5.73. The zero-order valence-electron chi connectivity index (χ0n) is 7.18. The van der Waals surface area contributed by atoms with E-state index >= 15 is 0 Å². The zero-order valence-corrected chi connectivity index (χ0v) is 7.18. The molecule has 1 heterocycles. The van der Waals surface area contributed by atoms with Crippen LogP contribution in [0.15, 0.2) is 0 Å². The predicted octanol–water partition coefficient (Wildman–Crippen LogP) is 0.497. The molecule has 1 fully saturated rings. The summed E-state index contributed by atoms with van der Waals surface area (Å²) in [6.45, 7) is 3.10. The first-order chi connectivity index (χ1) is 5.75. The summed E-state index contributed by atoms with van der Waals surface area (Å²) in [6, 6.07) is 0. The Kier molecular flexibility index (Phi) is 3.47. The van der Waals surface area contributed by atoms with Crippen molar-refractivity contribution in [3.8, 4) is 0 Å². The number of nitrogens with one attached hydrogen (secondary N) is 1. The Morgan fingerprint density at radius 3 is 3.08 bits per heavy atom. The summed E-state index contributed by atoms with van der Waals surface area (Å²) < 4.78 is 17.8. The molecule has 1 aliphatic rings. The van der Waals surface area contributed by atoms with E-state index < -0.39 is 18.1 Å². The van der Waals surface area contributed by atoms with Crippen molar-refractivity contribution in [3.05, 3.63) is 0 Å². The lowest BCUT2D eigenvalue weighted by Gasteiger charge is -2.24. The predicted molar refractivity (Wildman–Crippen MR) is 42.5 cm³/mol. The van der Waals surface area contributed by atoms with Gasteiger partial charge < -0.3 is 10.1 Å². The fraction of sp³-hybridized carbons (Fsp3) is 0.875. The van der Waals surface area contributed by atoms with Crippen LogP contribution >= 0.6 is 0 Å². The van der Waals surface area contributed by atoms with Crippen molar-refractivity contribution in [2.45, 2.75) is 19.5 Å². The van der Waals surface area contributed by atoms with Crippen LogP contribution < -0.4 is 5.32 Å². The second-order valence-electron chi connectivity index (χ2n) is 2.87. The normalized spacial score (nSPS) is 29.8. The van der Waals surface area contributed by atoms with Crippen LogP contribution in [0.5, 0.6) is 0 Å². The quantitative estimate of drug-likeness (QED) is 0.621. The Balaban J connectivity index is 2.42. The topological polar surface area (TPSA) is 38.3 Å². The molecule has 0 bridgehead atoms. The van der Waals surface area contributed by atoms with E-state index in [4.69, 9.17) is 4.74 Å². The number of esters is 1. The lowest BCUT2D eigenvalue weighted by molar-refractivity contribution is -0.150. The van der Waals surface area contributed by atoms with Crippen LogP contribution in [0.4, 0.5) is 4.39 Å². The van der Waals surface area contributed by atoms with E-state index in [0.717, 1.165) is 0 Å². The summed E-state index contributed by atoms with van der Waals surface area (Å²) in [5.41, 5.74) is 0. The van der Waals surface area contributed by atoms with Crippen molar-refractivity contribution in [2.24, 2.45) is 5.92 Å². The highest BCUT2D eigenvalue weighted by Gasteiger charge is 2.31. The zero-order chi connectivity index (χ0) is 8.97. The average molecular weight is 175 g/mol. The molecule has 3 nitrogen and oxygen atoms in total. The molecule has 1 saturated heterocycles. The molecule has 1 N–H and O–H groups in total. The van der Waals surface area contributed by atoms with Gasteiger partial charge in [0.15, 0.2) is 0 Å². The molecular formula is C8H14FNO2. The standard InChI is InChI=1S/C8H14FNO2/c1-2-12-8(11)6-5-10-4-3-7(6)9/h6-7,10H,2-5H2,1H3. The maximum Gasteiger partial charge on any atom is 0.313 e. The van der Waals surface area contributed by atoms with Crippen molar-refractivity contribution in [1.82, 2.24) is 5.32 Å². The van der Waals surface area contributed by atoms with Crippen molar-refractivity contribution in [3.63, 3.8) is 0 Å². The van der Waals surface area contributed by atoms with Gasteiger partial charge in [0.2, 0.25) is 0 Å². The van der Waals surface area contributed by atoms with Gasteiger partial charge in [-0.1, -0.05) is 0 Å². The van der Waals surface area contributed by atoms with Crippen LogP contribution in [0.1, 0.15) is 13.3 Å². The number of ether oxygens (including phenoxy) is 1. The number of halogens is 1. The fourth-order valence-corrected chi connectivity index (χ4v) is 1.31. The Morgan fingerprint density at radius 1 is 1.75 bits per heavy atom. The monoisotopic (exact) mass is 175 g/mol. The highest BCUT2D eigenvalue weighted by Crippen LogP contribution is 2.16. The van der Waals surface area contributed by atoms with E-state index in [1.807, 2.05) is 0 Å². The molecule has 4 heteroatoms. The lowest BCUT2D eigenvalue weighted by Crippen LogP contribution is -2.42. The van der Waals surface area contributed by atoms with Crippen LogP contribution in [0, 0.1) is 5.92 Å². The molecule has 70 valence electrons. The van der Waals surface area contributed by atoms with Crippen LogP contribution in [0.2, 0.25) is 0 Å². The first-order valence-corrected chi connectivity index (χ1v) is 4.27. The molecule has 0 radical (unpaired) electrons. The average Bonchev–Trinajstić information content (AvgIpc) is 2.05. The van der Waals surface area contributed by atoms with Crippen molar-refractivity contribution in [2.75, 3.05) is 19.7 Å². The van der Waals surface area contributed by atoms with Gasteiger partial charge in [0.05, 0.1) is 6.61 Å². The van der Waals surface area contributed by atoms with E-state index in [2.05, 4.69) is 5.32 Å². The molecule has 2 unspecified atom stereocenters. The first-order valence-electron chi connectivity index (χ1n) is 4.27.